The molecule has 3 amide bonds. The number of nitrogens with zero attached hydrogens (tertiary/aromatic N) is 1. The first-order chi connectivity index (χ1) is 18.7. The predicted octanol–water partition coefficient (Wildman–Crippen LogP) is 4.16. The second-order valence-electron chi connectivity index (χ2n) is 10.5. The summed E-state index contributed by atoms with van der Waals surface area (Å²) in [6.45, 7) is 6.35. The lowest BCUT2D eigenvalue weighted by Gasteiger charge is -2.27. The average Bonchev–Trinajstić information content (AvgIpc) is 3.15. The van der Waals surface area contributed by atoms with Crippen LogP contribution in [0.4, 0.5) is 4.79 Å². The van der Waals surface area contributed by atoms with Crippen molar-refractivity contribution < 1.29 is 28.6 Å². The number of likely N-dealkylation sites (tertiary alicyclic amines) is 1. The minimum Gasteiger partial charge on any atom is -0.451 e. The minimum atomic E-state index is -0.978. The molecule has 9 heteroatoms. The van der Waals surface area contributed by atoms with Crippen LogP contribution in [0.3, 0.4) is 0 Å². The first-order valence-electron chi connectivity index (χ1n) is 13.5. The molecule has 1 aliphatic rings. The quantitative estimate of drug-likeness (QED) is 0.398. The zero-order chi connectivity index (χ0) is 27.9. The zero-order valence-corrected chi connectivity index (χ0v) is 22.7. The van der Waals surface area contributed by atoms with Crippen molar-refractivity contribution in [2.75, 3.05) is 13.1 Å². The first-order valence-corrected chi connectivity index (χ1v) is 13.5. The van der Waals surface area contributed by atoms with Gasteiger partial charge in [0.2, 0.25) is 5.91 Å². The van der Waals surface area contributed by atoms with Gasteiger partial charge in [0.25, 0.3) is 5.91 Å². The predicted molar refractivity (Wildman–Crippen MR) is 147 cm³/mol. The van der Waals surface area contributed by atoms with Crippen molar-refractivity contribution in [1.29, 1.82) is 0 Å². The van der Waals surface area contributed by atoms with Crippen molar-refractivity contribution in [3.63, 3.8) is 0 Å². The van der Waals surface area contributed by atoms with Crippen molar-refractivity contribution in [1.82, 2.24) is 15.5 Å². The number of aryl methyl sites for hydroxylation is 1. The van der Waals surface area contributed by atoms with Crippen LogP contribution in [0, 0.1) is 12.8 Å². The third kappa shape index (κ3) is 7.17. The third-order valence-corrected chi connectivity index (χ3v) is 6.98. The van der Waals surface area contributed by atoms with Gasteiger partial charge in [-0.1, -0.05) is 62.4 Å². The van der Waals surface area contributed by atoms with Gasteiger partial charge in [0, 0.05) is 17.5 Å². The number of β-amino-alcohol motifs (C(OH)–C–C–N with tert-alkyl or cyclic N) is 1. The van der Waals surface area contributed by atoms with E-state index in [9.17, 15) is 19.5 Å². The van der Waals surface area contributed by atoms with Gasteiger partial charge in [-0.2, -0.15) is 0 Å². The van der Waals surface area contributed by atoms with E-state index in [0.717, 1.165) is 10.9 Å². The number of amides is 3. The molecule has 1 aliphatic heterocycles. The highest BCUT2D eigenvalue weighted by atomic mass is 16.6. The summed E-state index contributed by atoms with van der Waals surface area (Å²) in [5, 5.41) is 17.5. The van der Waals surface area contributed by atoms with Gasteiger partial charge in [0.15, 0.2) is 5.76 Å². The zero-order valence-electron chi connectivity index (χ0n) is 22.7. The number of hydrogen-bond donors (Lipinski definition) is 3. The minimum absolute atomic E-state index is 0.0396. The molecule has 9 nitrogen and oxygen atoms in total. The van der Waals surface area contributed by atoms with Crippen LogP contribution in [0.2, 0.25) is 0 Å². The highest BCUT2D eigenvalue weighted by Crippen LogP contribution is 2.25. The number of hydrogen-bond acceptors (Lipinski definition) is 6. The Morgan fingerprint density at radius 3 is 2.54 bits per heavy atom. The number of ether oxygens (including phenoxy) is 1. The Kier molecular flexibility index (Phi) is 9.24. The summed E-state index contributed by atoms with van der Waals surface area (Å²) in [5.74, 6) is -0.531. The first kappa shape index (κ1) is 28.2. The van der Waals surface area contributed by atoms with Gasteiger partial charge >= 0.3 is 6.09 Å². The summed E-state index contributed by atoms with van der Waals surface area (Å²) in [4.78, 5) is 40.6. The molecule has 0 spiro atoms. The maximum absolute atomic E-state index is 13.3. The standard InChI is InChI=1S/C30H37N3O6/c1-19(2)16-24(32-29(36)27-20(3)22-12-7-8-14-26(22)39-27)28(35)31-23-13-9-15-33(17-25(23)34)30(37)38-18-21-10-5-4-6-11-21/h4-8,10-12,14,19,23-25,34H,9,13,15-18H2,1-3H3,(H,31,35)(H,32,36)/t23?,24-,25?/m0/s1. The lowest BCUT2D eigenvalue weighted by atomic mass is 10.0. The second kappa shape index (κ2) is 12.8. The number of aliphatic hydroxyl groups is 1. The molecule has 0 bridgehead atoms. The summed E-state index contributed by atoms with van der Waals surface area (Å²) in [6.07, 6.45) is 0.00425. The number of nitrogens with one attached hydrogen (secondary N) is 2. The summed E-state index contributed by atoms with van der Waals surface area (Å²) in [7, 11) is 0. The number of furan rings is 1. The van der Waals surface area contributed by atoms with Crippen LogP contribution in [0.1, 0.15) is 54.8 Å². The largest absolute Gasteiger partial charge is 0.451 e. The van der Waals surface area contributed by atoms with E-state index in [4.69, 9.17) is 9.15 Å². The topological polar surface area (TPSA) is 121 Å². The number of carbonyl (C=O) groups excluding carboxylic acids is 3. The molecule has 39 heavy (non-hydrogen) atoms. The normalized spacial score (nSPS) is 18.4. The fraction of sp³-hybridized carbons (Fsp3) is 0.433. The van der Waals surface area contributed by atoms with Crippen LogP contribution in [0.25, 0.3) is 11.0 Å². The molecule has 2 aromatic carbocycles. The molecule has 208 valence electrons. The van der Waals surface area contributed by atoms with Crippen molar-refractivity contribution >= 4 is 28.9 Å². The van der Waals surface area contributed by atoms with Crippen LogP contribution in [0.15, 0.2) is 59.0 Å². The van der Waals surface area contributed by atoms with Crippen molar-refractivity contribution in [2.45, 2.75) is 64.8 Å². The number of fused-ring (bicyclic) bond motifs is 1. The molecule has 3 N–H and O–H groups in total. The monoisotopic (exact) mass is 535 g/mol. The molecule has 0 radical (unpaired) electrons. The van der Waals surface area contributed by atoms with E-state index in [2.05, 4.69) is 10.6 Å². The Bertz CT molecular complexity index is 1290. The molecule has 2 heterocycles. The van der Waals surface area contributed by atoms with Crippen LogP contribution in [-0.4, -0.2) is 59.2 Å². The van der Waals surface area contributed by atoms with Crippen molar-refractivity contribution in [2.24, 2.45) is 5.92 Å². The van der Waals surface area contributed by atoms with Gasteiger partial charge in [-0.3, -0.25) is 9.59 Å². The van der Waals surface area contributed by atoms with Crippen molar-refractivity contribution in [3.05, 3.63) is 71.5 Å². The van der Waals surface area contributed by atoms with Crippen LogP contribution < -0.4 is 10.6 Å². The fourth-order valence-corrected chi connectivity index (χ4v) is 4.88. The molecule has 1 saturated heterocycles. The average molecular weight is 536 g/mol. The van der Waals surface area contributed by atoms with E-state index < -0.39 is 30.2 Å². The SMILES string of the molecule is Cc1c(C(=O)N[C@@H](CC(C)C)C(=O)NC2CCCN(C(=O)OCc3ccccc3)CC2O)oc2ccccc12. The van der Waals surface area contributed by atoms with E-state index in [0.29, 0.717) is 37.0 Å². The van der Waals surface area contributed by atoms with Crippen LogP contribution in [0.5, 0.6) is 0 Å². The molecular weight excluding hydrogens is 498 g/mol. The summed E-state index contributed by atoms with van der Waals surface area (Å²) in [5.41, 5.74) is 2.20. The van der Waals surface area contributed by atoms with Gasteiger partial charge in [-0.15, -0.1) is 0 Å². The molecule has 2 unspecified atom stereocenters. The van der Waals surface area contributed by atoms with Gasteiger partial charge in [0.05, 0.1) is 18.7 Å². The molecule has 1 aromatic heterocycles. The fourth-order valence-electron chi connectivity index (χ4n) is 4.88. The smallest absolute Gasteiger partial charge is 0.410 e. The lowest BCUT2D eigenvalue weighted by molar-refractivity contribution is -0.125. The number of rotatable bonds is 8. The van der Waals surface area contributed by atoms with E-state index >= 15 is 0 Å². The number of carbonyl (C=O) groups is 3. The number of benzene rings is 2. The van der Waals surface area contributed by atoms with Crippen molar-refractivity contribution in [3.8, 4) is 0 Å². The third-order valence-electron chi connectivity index (χ3n) is 6.98. The molecule has 4 rings (SSSR count). The van der Waals surface area contributed by atoms with Gasteiger partial charge in [0.1, 0.15) is 18.2 Å². The maximum Gasteiger partial charge on any atom is 0.410 e. The van der Waals surface area contributed by atoms with E-state index in [1.165, 1.54) is 4.90 Å². The molecule has 0 saturated carbocycles. The molecule has 1 fully saturated rings. The maximum atomic E-state index is 13.3. The van der Waals surface area contributed by atoms with E-state index in [1.54, 1.807) is 6.07 Å². The highest BCUT2D eigenvalue weighted by molar-refractivity contribution is 6.00. The Balaban J connectivity index is 1.37. The van der Waals surface area contributed by atoms with Crippen LogP contribution >= 0.6 is 0 Å². The molecule has 0 aliphatic carbocycles. The Labute approximate surface area is 228 Å². The van der Waals surface area contributed by atoms with E-state index in [1.807, 2.05) is 69.3 Å². The van der Waals surface area contributed by atoms with Gasteiger partial charge in [-0.25, -0.2) is 4.79 Å². The summed E-state index contributed by atoms with van der Waals surface area (Å²) < 4.78 is 11.2. The number of aliphatic hydroxyl groups excluding tert-OH is 1. The second-order valence-corrected chi connectivity index (χ2v) is 10.5. The molecule has 3 aromatic rings. The van der Waals surface area contributed by atoms with E-state index in [-0.39, 0.29) is 30.7 Å². The summed E-state index contributed by atoms with van der Waals surface area (Å²) >= 11 is 0. The highest BCUT2D eigenvalue weighted by Gasteiger charge is 2.32. The Morgan fingerprint density at radius 1 is 1.10 bits per heavy atom. The summed E-state index contributed by atoms with van der Waals surface area (Å²) in [6, 6.07) is 15.4. The Hall–Kier alpha value is -3.85. The number of para-hydroxylation sites is 1. The van der Waals surface area contributed by atoms with Gasteiger partial charge < -0.3 is 29.8 Å². The van der Waals surface area contributed by atoms with Crippen LogP contribution in [-0.2, 0) is 16.1 Å². The lowest BCUT2D eigenvalue weighted by Crippen LogP contribution is -2.54. The van der Waals surface area contributed by atoms with Gasteiger partial charge in [-0.05, 0) is 43.7 Å². The Morgan fingerprint density at radius 2 is 1.82 bits per heavy atom. The molecule has 3 atom stereocenters. The molecular formula is C30H37N3O6.